The Bertz CT molecular complexity index is 983. The van der Waals surface area contributed by atoms with E-state index in [1.165, 1.54) is 40.4 Å². The number of nitrogens with zero attached hydrogens (tertiary/aromatic N) is 2. The standard InChI is InChI=1S/C17H13F2N3O3S/c1-22-9-8-20-14(16(22)24)21-15(23)13-7-6-12(26-13)10-2-4-11(5-3-10)25-17(18)19/h2-9,17H,1H3,(H,20,21,23). The van der Waals surface area contributed by atoms with Crippen LogP contribution in [0.1, 0.15) is 9.67 Å². The average Bonchev–Trinajstić information content (AvgIpc) is 3.09. The number of rotatable bonds is 5. The Morgan fingerprint density at radius 2 is 1.96 bits per heavy atom. The molecule has 2 heterocycles. The molecule has 3 aromatic rings. The van der Waals surface area contributed by atoms with Gasteiger partial charge in [-0.05, 0) is 42.0 Å². The van der Waals surface area contributed by atoms with Gasteiger partial charge in [0, 0.05) is 24.3 Å². The van der Waals surface area contributed by atoms with E-state index in [4.69, 9.17) is 0 Å². The first-order valence-electron chi connectivity index (χ1n) is 7.42. The molecule has 0 saturated carbocycles. The van der Waals surface area contributed by atoms with Crippen molar-refractivity contribution in [2.45, 2.75) is 6.61 Å². The number of halogens is 2. The van der Waals surface area contributed by atoms with Crippen molar-refractivity contribution in [3.05, 3.63) is 64.0 Å². The molecule has 1 amide bonds. The molecule has 6 nitrogen and oxygen atoms in total. The van der Waals surface area contributed by atoms with Crippen LogP contribution in [0.4, 0.5) is 14.6 Å². The third kappa shape index (κ3) is 3.94. The molecule has 0 aliphatic heterocycles. The van der Waals surface area contributed by atoms with Crippen LogP contribution in [-0.4, -0.2) is 22.1 Å². The lowest BCUT2D eigenvalue weighted by atomic mass is 10.2. The molecule has 0 aliphatic carbocycles. The number of carbonyl (C=O) groups excluding carboxylic acids is 1. The topological polar surface area (TPSA) is 73.2 Å². The van der Waals surface area contributed by atoms with Crippen LogP contribution in [0.3, 0.4) is 0 Å². The summed E-state index contributed by atoms with van der Waals surface area (Å²) in [5.74, 6) is -0.442. The van der Waals surface area contributed by atoms with E-state index < -0.39 is 18.1 Å². The quantitative estimate of drug-likeness (QED) is 0.740. The molecular formula is C17H13F2N3O3S. The SMILES string of the molecule is Cn1ccnc(NC(=O)c2ccc(-c3ccc(OC(F)F)cc3)s2)c1=O. The average molecular weight is 377 g/mol. The molecule has 0 bridgehead atoms. The number of aryl methyl sites for hydroxylation is 1. The van der Waals surface area contributed by atoms with Crippen molar-refractivity contribution in [3.63, 3.8) is 0 Å². The second kappa shape index (κ2) is 7.44. The molecule has 0 saturated heterocycles. The number of aromatic nitrogens is 2. The van der Waals surface area contributed by atoms with Gasteiger partial charge in [-0.15, -0.1) is 11.3 Å². The minimum absolute atomic E-state index is 0.0524. The van der Waals surface area contributed by atoms with Crippen LogP contribution >= 0.6 is 11.3 Å². The number of benzene rings is 1. The number of hydrogen-bond acceptors (Lipinski definition) is 5. The molecule has 1 aromatic carbocycles. The lowest BCUT2D eigenvalue weighted by Gasteiger charge is -2.05. The van der Waals surface area contributed by atoms with Gasteiger partial charge < -0.3 is 14.6 Å². The van der Waals surface area contributed by atoms with Gasteiger partial charge in [0.2, 0.25) is 0 Å². The van der Waals surface area contributed by atoms with Crippen LogP contribution in [0.25, 0.3) is 10.4 Å². The van der Waals surface area contributed by atoms with Crippen LogP contribution in [0.5, 0.6) is 5.75 Å². The summed E-state index contributed by atoms with van der Waals surface area (Å²) in [5, 5.41) is 2.49. The van der Waals surface area contributed by atoms with Crippen LogP contribution in [0.2, 0.25) is 0 Å². The summed E-state index contributed by atoms with van der Waals surface area (Å²) in [5.41, 5.74) is 0.344. The normalized spacial score (nSPS) is 10.8. The first kappa shape index (κ1) is 17.7. The lowest BCUT2D eigenvalue weighted by Crippen LogP contribution is -2.24. The van der Waals surface area contributed by atoms with Gasteiger partial charge in [-0.1, -0.05) is 0 Å². The Morgan fingerprint density at radius 3 is 2.65 bits per heavy atom. The Morgan fingerprint density at radius 1 is 1.23 bits per heavy atom. The molecule has 0 fully saturated rings. The van der Waals surface area contributed by atoms with E-state index in [0.29, 0.717) is 4.88 Å². The minimum Gasteiger partial charge on any atom is -0.435 e. The third-order valence-corrected chi connectivity index (χ3v) is 4.58. The molecule has 26 heavy (non-hydrogen) atoms. The smallest absolute Gasteiger partial charge is 0.387 e. The molecule has 0 unspecified atom stereocenters. The highest BCUT2D eigenvalue weighted by Crippen LogP contribution is 2.30. The monoisotopic (exact) mass is 377 g/mol. The van der Waals surface area contributed by atoms with Gasteiger partial charge in [0.1, 0.15) is 5.75 Å². The fourth-order valence-electron chi connectivity index (χ4n) is 2.17. The highest BCUT2D eigenvalue weighted by atomic mass is 32.1. The maximum atomic E-state index is 12.3. The van der Waals surface area contributed by atoms with Crippen LogP contribution in [0.15, 0.2) is 53.6 Å². The summed E-state index contributed by atoms with van der Waals surface area (Å²) in [6.07, 6.45) is 2.91. The van der Waals surface area contributed by atoms with Gasteiger partial charge in [0.25, 0.3) is 11.5 Å². The third-order valence-electron chi connectivity index (χ3n) is 3.44. The molecule has 0 radical (unpaired) electrons. The molecular weight excluding hydrogens is 364 g/mol. The Balaban J connectivity index is 1.76. The molecule has 0 spiro atoms. The van der Waals surface area contributed by atoms with E-state index in [2.05, 4.69) is 15.0 Å². The summed E-state index contributed by atoms with van der Waals surface area (Å²) in [7, 11) is 1.56. The molecule has 1 N–H and O–H groups in total. The fourth-order valence-corrected chi connectivity index (χ4v) is 3.08. The maximum Gasteiger partial charge on any atom is 0.387 e. The largest absolute Gasteiger partial charge is 0.435 e. The van der Waals surface area contributed by atoms with Crippen LogP contribution < -0.4 is 15.6 Å². The highest BCUT2D eigenvalue weighted by Gasteiger charge is 2.13. The number of ether oxygens (including phenoxy) is 1. The first-order valence-corrected chi connectivity index (χ1v) is 8.24. The summed E-state index contributed by atoms with van der Waals surface area (Å²) in [6.45, 7) is -2.88. The van der Waals surface area contributed by atoms with Crippen molar-refractivity contribution in [3.8, 4) is 16.2 Å². The van der Waals surface area contributed by atoms with Crippen molar-refractivity contribution in [1.29, 1.82) is 0 Å². The predicted molar refractivity (Wildman–Crippen MR) is 93.8 cm³/mol. The van der Waals surface area contributed by atoms with Crippen molar-refractivity contribution in [2.24, 2.45) is 7.05 Å². The molecule has 134 valence electrons. The van der Waals surface area contributed by atoms with Gasteiger partial charge in [-0.3, -0.25) is 9.59 Å². The summed E-state index contributed by atoms with van der Waals surface area (Å²) >= 11 is 1.21. The van der Waals surface area contributed by atoms with E-state index in [1.807, 2.05) is 0 Å². The molecule has 2 aromatic heterocycles. The summed E-state index contributed by atoms with van der Waals surface area (Å²) in [6, 6.07) is 9.46. The van der Waals surface area contributed by atoms with E-state index >= 15 is 0 Å². The molecule has 0 atom stereocenters. The Labute approximate surface area is 150 Å². The zero-order valence-electron chi connectivity index (χ0n) is 13.5. The second-order valence-electron chi connectivity index (χ2n) is 5.21. The zero-order valence-corrected chi connectivity index (χ0v) is 14.3. The number of nitrogens with one attached hydrogen (secondary N) is 1. The molecule has 0 aliphatic rings. The highest BCUT2D eigenvalue weighted by molar-refractivity contribution is 7.17. The minimum atomic E-state index is -2.88. The fraction of sp³-hybridized carbons (Fsp3) is 0.118. The van der Waals surface area contributed by atoms with E-state index in [9.17, 15) is 18.4 Å². The first-order chi connectivity index (χ1) is 12.4. The summed E-state index contributed by atoms with van der Waals surface area (Å²) < 4.78 is 30.0. The second-order valence-corrected chi connectivity index (χ2v) is 6.30. The van der Waals surface area contributed by atoms with Crippen LogP contribution in [-0.2, 0) is 7.05 Å². The van der Waals surface area contributed by atoms with E-state index in [1.54, 1.807) is 31.3 Å². The zero-order chi connectivity index (χ0) is 18.7. The lowest BCUT2D eigenvalue weighted by molar-refractivity contribution is -0.0498. The predicted octanol–water partition coefficient (Wildman–Crippen LogP) is 3.36. The van der Waals surface area contributed by atoms with Gasteiger partial charge in [-0.2, -0.15) is 8.78 Å². The van der Waals surface area contributed by atoms with Crippen molar-refractivity contribution >= 4 is 23.1 Å². The number of hydrogen-bond donors (Lipinski definition) is 1. The molecule has 3 rings (SSSR count). The number of anilines is 1. The van der Waals surface area contributed by atoms with Crippen LogP contribution in [0, 0.1) is 0 Å². The van der Waals surface area contributed by atoms with Crippen molar-refractivity contribution in [1.82, 2.24) is 9.55 Å². The summed E-state index contributed by atoms with van der Waals surface area (Å²) in [4.78, 5) is 29.2. The number of carbonyl (C=O) groups is 1. The molecule has 9 heteroatoms. The number of thiophene rings is 1. The van der Waals surface area contributed by atoms with Crippen molar-refractivity contribution in [2.75, 3.05) is 5.32 Å². The Hall–Kier alpha value is -3.07. The van der Waals surface area contributed by atoms with E-state index in [0.717, 1.165) is 10.4 Å². The van der Waals surface area contributed by atoms with Gasteiger partial charge in [-0.25, -0.2) is 4.98 Å². The number of alkyl halides is 2. The number of amides is 1. The van der Waals surface area contributed by atoms with E-state index in [-0.39, 0.29) is 11.6 Å². The van der Waals surface area contributed by atoms with Gasteiger partial charge in [0.15, 0.2) is 5.82 Å². The Kier molecular flexibility index (Phi) is 5.08. The maximum absolute atomic E-state index is 12.3. The van der Waals surface area contributed by atoms with Crippen molar-refractivity contribution < 1.29 is 18.3 Å². The van der Waals surface area contributed by atoms with Gasteiger partial charge in [0.05, 0.1) is 4.88 Å². The van der Waals surface area contributed by atoms with Gasteiger partial charge >= 0.3 is 6.61 Å².